The number of benzene rings is 2. The molecule has 3 aromatic rings. The first-order valence-corrected chi connectivity index (χ1v) is 8.97. The molecule has 0 aliphatic heterocycles. The second kappa shape index (κ2) is 8.45. The number of ether oxygens (including phenoxy) is 2. The Labute approximate surface area is 159 Å². The maximum Gasteiger partial charge on any atom is 0.418 e. The minimum absolute atomic E-state index is 0.0700. The van der Waals surface area contributed by atoms with Gasteiger partial charge in [0.25, 0.3) is 0 Å². The predicted molar refractivity (Wildman–Crippen MR) is 109 cm³/mol. The van der Waals surface area contributed by atoms with Crippen LogP contribution in [0.1, 0.15) is 24.9 Å². The normalized spacial score (nSPS) is 11.8. The number of nitrogens with one attached hydrogen (secondary N) is 1. The van der Waals surface area contributed by atoms with E-state index < -0.39 is 0 Å². The van der Waals surface area contributed by atoms with Crippen LogP contribution in [0.4, 0.5) is 10.5 Å². The van der Waals surface area contributed by atoms with E-state index in [-0.39, 0.29) is 12.1 Å². The van der Waals surface area contributed by atoms with Gasteiger partial charge in [0.15, 0.2) is 0 Å². The molecular formula is C22H24N2O3. The number of anilines is 1. The predicted octanol–water partition coefficient (Wildman–Crippen LogP) is 5.38. The van der Waals surface area contributed by atoms with Gasteiger partial charge < -0.3 is 14.8 Å². The lowest BCUT2D eigenvalue weighted by molar-refractivity contribution is 0.155. The Hall–Kier alpha value is -3.21. The van der Waals surface area contributed by atoms with Crippen molar-refractivity contribution in [2.75, 3.05) is 19.0 Å². The number of aromatic nitrogens is 1. The molecule has 1 N–H and O–H groups in total. The maximum absolute atomic E-state index is 12.4. The summed E-state index contributed by atoms with van der Waals surface area (Å²) in [7, 11) is 1.65. The second-order valence-corrected chi connectivity index (χ2v) is 6.09. The molecule has 0 saturated carbocycles. The van der Waals surface area contributed by atoms with Gasteiger partial charge >= 0.3 is 6.09 Å². The minimum atomic E-state index is -0.380. The number of hydrogen-bond acceptors (Lipinski definition) is 4. The molecule has 27 heavy (non-hydrogen) atoms. The second-order valence-electron chi connectivity index (χ2n) is 6.09. The van der Waals surface area contributed by atoms with E-state index in [0.717, 1.165) is 27.9 Å². The van der Waals surface area contributed by atoms with Gasteiger partial charge in [0.05, 0.1) is 31.0 Å². The van der Waals surface area contributed by atoms with Gasteiger partial charge in [-0.05, 0) is 31.5 Å². The fourth-order valence-electron chi connectivity index (χ4n) is 3.21. The van der Waals surface area contributed by atoms with Crippen LogP contribution < -0.4 is 10.1 Å². The van der Waals surface area contributed by atoms with Crippen molar-refractivity contribution in [3.05, 3.63) is 72.9 Å². The number of carbonyl (C=O) groups excluding carboxylic acids is 1. The summed E-state index contributed by atoms with van der Waals surface area (Å²) in [4.78, 5) is 12.4. The monoisotopic (exact) mass is 364 g/mol. The quantitative estimate of drug-likeness (QED) is 0.572. The highest BCUT2D eigenvalue weighted by molar-refractivity contribution is 5.92. The number of para-hydroxylation sites is 3. The zero-order valence-corrected chi connectivity index (χ0v) is 15.6. The molecule has 140 valence electrons. The first-order valence-electron chi connectivity index (χ1n) is 8.97. The lowest BCUT2D eigenvalue weighted by Crippen LogP contribution is -2.13. The van der Waals surface area contributed by atoms with Crippen molar-refractivity contribution in [2.24, 2.45) is 0 Å². The topological polar surface area (TPSA) is 52.5 Å². The van der Waals surface area contributed by atoms with E-state index in [1.54, 1.807) is 18.6 Å². The van der Waals surface area contributed by atoms with E-state index in [0.29, 0.717) is 13.0 Å². The molecule has 0 radical (unpaired) electrons. The summed E-state index contributed by atoms with van der Waals surface area (Å²) in [6.07, 6.45) is 4.02. The Bertz CT molecular complexity index is 946. The van der Waals surface area contributed by atoms with Gasteiger partial charge in [-0.15, -0.1) is 6.58 Å². The third kappa shape index (κ3) is 3.82. The molecular weight excluding hydrogens is 340 g/mol. The third-order valence-electron chi connectivity index (χ3n) is 4.42. The van der Waals surface area contributed by atoms with Gasteiger partial charge in [-0.25, -0.2) is 4.79 Å². The first kappa shape index (κ1) is 18.6. The van der Waals surface area contributed by atoms with Gasteiger partial charge in [0, 0.05) is 17.1 Å². The Kier molecular flexibility index (Phi) is 5.81. The van der Waals surface area contributed by atoms with Crippen LogP contribution in [0.2, 0.25) is 0 Å². The fraction of sp³-hybridized carbons (Fsp3) is 0.227. The van der Waals surface area contributed by atoms with E-state index in [9.17, 15) is 4.79 Å². The van der Waals surface area contributed by atoms with Crippen LogP contribution in [-0.2, 0) is 4.74 Å². The third-order valence-corrected chi connectivity index (χ3v) is 4.42. The Balaban J connectivity index is 2.06. The van der Waals surface area contributed by atoms with Crippen LogP contribution in [0.15, 0.2) is 67.4 Å². The molecule has 0 aliphatic rings. The molecule has 3 rings (SSSR count). The molecule has 0 fully saturated rings. The average molecular weight is 364 g/mol. The highest BCUT2D eigenvalue weighted by Gasteiger charge is 2.20. The molecule has 0 aliphatic carbocycles. The lowest BCUT2D eigenvalue weighted by atomic mass is 10.0. The molecule has 1 heterocycles. The number of fused-ring (bicyclic) bond motifs is 1. The van der Waals surface area contributed by atoms with Crippen molar-refractivity contribution in [3.8, 4) is 5.75 Å². The zero-order valence-electron chi connectivity index (χ0n) is 15.6. The van der Waals surface area contributed by atoms with Gasteiger partial charge in [-0.2, -0.15) is 0 Å². The highest BCUT2D eigenvalue weighted by atomic mass is 16.5. The minimum Gasteiger partial charge on any atom is -0.495 e. The maximum atomic E-state index is 12.4. The lowest BCUT2D eigenvalue weighted by Gasteiger charge is -2.20. The zero-order chi connectivity index (χ0) is 19.2. The van der Waals surface area contributed by atoms with Crippen molar-refractivity contribution < 1.29 is 14.3 Å². The smallest absolute Gasteiger partial charge is 0.418 e. The van der Waals surface area contributed by atoms with Gasteiger partial charge in [-0.1, -0.05) is 36.4 Å². The van der Waals surface area contributed by atoms with E-state index in [2.05, 4.69) is 11.9 Å². The highest BCUT2D eigenvalue weighted by Crippen LogP contribution is 2.34. The van der Waals surface area contributed by atoms with E-state index in [4.69, 9.17) is 9.47 Å². The summed E-state index contributed by atoms with van der Waals surface area (Å²) in [6, 6.07) is 15.5. The largest absolute Gasteiger partial charge is 0.495 e. The summed E-state index contributed by atoms with van der Waals surface area (Å²) < 4.78 is 12.2. The van der Waals surface area contributed by atoms with Crippen LogP contribution in [0.5, 0.6) is 5.75 Å². The molecule has 0 spiro atoms. The molecule has 1 unspecified atom stereocenters. The van der Waals surface area contributed by atoms with Crippen LogP contribution in [0.3, 0.4) is 0 Å². The number of nitrogens with zero attached hydrogens (tertiary/aromatic N) is 1. The number of methoxy groups -OCH3 is 1. The fourth-order valence-corrected chi connectivity index (χ4v) is 3.21. The van der Waals surface area contributed by atoms with Gasteiger partial charge in [-0.3, -0.25) is 4.57 Å². The molecule has 0 bridgehead atoms. The van der Waals surface area contributed by atoms with Crippen LogP contribution in [-0.4, -0.2) is 24.4 Å². The number of rotatable bonds is 7. The SMILES string of the molecule is C=CCC(Nc1ccccc1OC)c1cn(C(=O)OCC)c2ccccc12. The summed E-state index contributed by atoms with van der Waals surface area (Å²) >= 11 is 0. The summed E-state index contributed by atoms with van der Waals surface area (Å²) in [6.45, 7) is 6.02. The van der Waals surface area contributed by atoms with E-state index in [1.165, 1.54) is 0 Å². The summed E-state index contributed by atoms with van der Waals surface area (Å²) in [5.41, 5.74) is 2.71. The molecule has 0 amide bonds. The Morgan fingerprint density at radius 2 is 1.96 bits per heavy atom. The van der Waals surface area contributed by atoms with Crippen LogP contribution in [0.25, 0.3) is 10.9 Å². The van der Waals surface area contributed by atoms with Crippen molar-refractivity contribution >= 4 is 22.7 Å². The first-order chi connectivity index (χ1) is 13.2. The van der Waals surface area contributed by atoms with Crippen molar-refractivity contribution in [3.63, 3.8) is 0 Å². The van der Waals surface area contributed by atoms with Crippen molar-refractivity contribution in [1.29, 1.82) is 0 Å². The van der Waals surface area contributed by atoms with Crippen LogP contribution >= 0.6 is 0 Å². The Morgan fingerprint density at radius 3 is 2.70 bits per heavy atom. The molecule has 5 nitrogen and oxygen atoms in total. The molecule has 0 saturated heterocycles. The number of hydrogen-bond donors (Lipinski definition) is 1. The van der Waals surface area contributed by atoms with Crippen molar-refractivity contribution in [2.45, 2.75) is 19.4 Å². The molecule has 2 aromatic carbocycles. The van der Waals surface area contributed by atoms with Gasteiger partial charge in [0.2, 0.25) is 0 Å². The van der Waals surface area contributed by atoms with E-state index >= 15 is 0 Å². The molecule has 1 aromatic heterocycles. The molecule has 1 atom stereocenters. The molecule has 5 heteroatoms. The van der Waals surface area contributed by atoms with Crippen LogP contribution in [0, 0.1) is 0 Å². The van der Waals surface area contributed by atoms with E-state index in [1.807, 2.05) is 60.8 Å². The summed E-state index contributed by atoms with van der Waals surface area (Å²) in [5.74, 6) is 0.765. The number of carbonyl (C=O) groups is 1. The standard InChI is InChI=1S/C22H24N2O3/c1-4-10-18(23-19-12-7-9-14-21(19)26-3)17-15-24(22(25)27-5-2)20-13-8-6-11-16(17)20/h4,6-9,11-15,18,23H,1,5,10H2,2-3H3. The van der Waals surface area contributed by atoms with Gasteiger partial charge in [0.1, 0.15) is 5.75 Å². The van der Waals surface area contributed by atoms with Crippen molar-refractivity contribution in [1.82, 2.24) is 4.57 Å². The Morgan fingerprint density at radius 1 is 1.22 bits per heavy atom. The summed E-state index contributed by atoms with van der Waals surface area (Å²) in [5, 5.41) is 4.53. The average Bonchev–Trinajstić information content (AvgIpc) is 3.08.